The molecule has 1 aliphatic rings. The highest BCUT2D eigenvalue weighted by atomic mass is 127. The first-order chi connectivity index (χ1) is 11.5. The third kappa shape index (κ3) is 6.77. The zero-order chi connectivity index (χ0) is 17.5. The van der Waals surface area contributed by atoms with Gasteiger partial charge < -0.3 is 15.5 Å². The summed E-state index contributed by atoms with van der Waals surface area (Å²) in [7, 11) is 1.76. The van der Waals surface area contributed by atoms with Crippen molar-refractivity contribution in [1.29, 1.82) is 0 Å². The lowest BCUT2D eigenvalue weighted by atomic mass is 10.0. The minimum absolute atomic E-state index is 0. The van der Waals surface area contributed by atoms with Gasteiger partial charge in [-0.1, -0.05) is 12.1 Å². The van der Waals surface area contributed by atoms with Gasteiger partial charge in [0.15, 0.2) is 5.96 Å². The van der Waals surface area contributed by atoms with E-state index in [0.29, 0.717) is 18.6 Å². The number of guanidine groups is 1. The van der Waals surface area contributed by atoms with Crippen LogP contribution in [0.25, 0.3) is 0 Å². The first-order valence-electron chi connectivity index (χ1n) is 8.44. The van der Waals surface area contributed by atoms with Gasteiger partial charge in [0.1, 0.15) is 0 Å². The maximum atomic E-state index is 10.7. The summed E-state index contributed by atoms with van der Waals surface area (Å²) in [6.45, 7) is 7.27. The Labute approximate surface area is 166 Å². The smallest absolute Gasteiger partial charge is 0.269 e. The van der Waals surface area contributed by atoms with Crippen molar-refractivity contribution in [2.75, 3.05) is 20.1 Å². The van der Waals surface area contributed by atoms with E-state index in [0.717, 1.165) is 37.5 Å². The Morgan fingerprint density at radius 1 is 1.32 bits per heavy atom. The molecule has 0 aromatic heterocycles. The van der Waals surface area contributed by atoms with Crippen LogP contribution >= 0.6 is 24.0 Å². The third-order valence-corrected chi connectivity index (χ3v) is 4.43. The predicted octanol–water partition coefficient (Wildman–Crippen LogP) is 2.75. The van der Waals surface area contributed by atoms with Crippen molar-refractivity contribution in [2.24, 2.45) is 4.99 Å². The molecule has 0 bridgehead atoms. The number of nitro groups is 1. The fourth-order valence-corrected chi connectivity index (χ4v) is 2.87. The Hall–Kier alpha value is -1.42. The monoisotopic (exact) mass is 461 g/mol. The number of likely N-dealkylation sites (tertiary alicyclic amines) is 1. The molecule has 1 aromatic carbocycles. The second kappa shape index (κ2) is 10.5. The lowest BCUT2D eigenvalue weighted by Crippen LogP contribution is -2.49. The topological polar surface area (TPSA) is 82.8 Å². The summed E-state index contributed by atoms with van der Waals surface area (Å²) in [6.07, 6.45) is 2.22. The van der Waals surface area contributed by atoms with Crippen LogP contribution in [-0.4, -0.2) is 48.0 Å². The number of nitrogens with one attached hydrogen (secondary N) is 2. The molecule has 1 saturated heterocycles. The van der Waals surface area contributed by atoms with Gasteiger partial charge in [0, 0.05) is 50.9 Å². The van der Waals surface area contributed by atoms with Crippen molar-refractivity contribution in [3.63, 3.8) is 0 Å². The molecule has 0 unspecified atom stereocenters. The summed E-state index contributed by atoms with van der Waals surface area (Å²) in [4.78, 5) is 17.0. The number of benzene rings is 1. The molecule has 8 heteroatoms. The van der Waals surface area contributed by atoms with E-state index >= 15 is 0 Å². The van der Waals surface area contributed by atoms with Crippen LogP contribution in [0.3, 0.4) is 0 Å². The van der Waals surface area contributed by atoms with Crippen LogP contribution in [0.1, 0.15) is 32.3 Å². The van der Waals surface area contributed by atoms with Crippen molar-refractivity contribution in [1.82, 2.24) is 15.5 Å². The second-order valence-electron chi connectivity index (χ2n) is 6.40. The molecular formula is C17H28IN5O2. The number of hydrogen-bond donors (Lipinski definition) is 2. The fraction of sp³-hybridized carbons (Fsp3) is 0.588. The summed E-state index contributed by atoms with van der Waals surface area (Å²) < 4.78 is 0. The van der Waals surface area contributed by atoms with E-state index in [1.807, 2.05) is 0 Å². The average Bonchev–Trinajstić information content (AvgIpc) is 2.59. The van der Waals surface area contributed by atoms with Crippen LogP contribution in [0.2, 0.25) is 0 Å². The van der Waals surface area contributed by atoms with Crippen molar-refractivity contribution in [3.05, 3.63) is 39.9 Å². The molecule has 2 rings (SSSR count). The summed E-state index contributed by atoms with van der Waals surface area (Å²) >= 11 is 0. The Kier molecular flexibility index (Phi) is 9.12. The molecule has 1 aliphatic heterocycles. The quantitative estimate of drug-likeness (QED) is 0.232. The van der Waals surface area contributed by atoms with Gasteiger partial charge in [-0.15, -0.1) is 24.0 Å². The largest absolute Gasteiger partial charge is 0.354 e. The molecule has 0 radical (unpaired) electrons. The molecule has 0 atom stereocenters. The van der Waals surface area contributed by atoms with E-state index in [4.69, 9.17) is 0 Å². The maximum Gasteiger partial charge on any atom is 0.269 e. The van der Waals surface area contributed by atoms with E-state index in [1.54, 1.807) is 19.2 Å². The van der Waals surface area contributed by atoms with Crippen molar-refractivity contribution in [3.8, 4) is 0 Å². The molecule has 0 amide bonds. The number of hydrogen-bond acceptors (Lipinski definition) is 4. The van der Waals surface area contributed by atoms with Crippen LogP contribution in [0.4, 0.5) is 5.69 Å². The van der Waals surface area contributed by atoms with Crippen LogP contribution in [0.5, 0.6) is 0 Å². The second-order valence-corrected chi connectivity index (χ2v) is 6.40. The molecule has 1 fully saturated rings. The van der Waals surface area contributed by atoms with Gasteiger partial charge in [-0.05, 0) is 32.3 Å². The standard InChI is InChI=1S/C17H27N5O2.HI/c1-13(2)21-10-8-15(9-11-21)20-17(18-3)19-12-14-4-6-16(7-5-14)22(23)24;/h4-7,13,15H,8-12H2,1-3H3,(H2,18,19,20);1H. The minimum atomic E-state index is -0.388. The third-order valence-electron chi connectivity index (χ3n) is 4.43. The Morgan fingerprint density at radius 3 is 2.40 bits per heavy atom. The summed E-state index contributed by atoms with van der Waals surface area (Å²) in [5.74, 6) is 0.774. The van der Waals surface area contributed by atoms with E-state index in [1.165, 1.54) is 12.1 Å². The Balaban J connectivity index is 0.00000312. The molecule has 7 nitrogen and oxygen atoms in total. The van der Waals surface area contributed by atoms with E-state index < -0.39 is 0 Å². The van der Waals surface area contributed by atoms with E-state index in [2.05, 4.69) is 34.4 Å². The van der Waals surface area contributed by atoms with E-state index in [-0.39, 0.29) is 34.6 Å². The lowest BCUT2D eigenvalue weighted by Gasteiger charge is -2.35. The van der Waals surface area contributed by atoms with Gasteiger partial charge in [0.2, 0.25) is 0 Å². The highest BCUT2D eigenvalue weighted by Gasteiger charge is 2.21. The maximum absolute atomic E-state index is 10.7. The molecule has 0 saturated carbocycles. The van der Waals surface area contributed by atoms with Crippen LogP contribution in [-0.2, 0) is 6.54 Å². The average molecular weight is 461 g/mol. The molecule has 0 aliphatic carbocycles. The van der Waals surface area contributed by atoms with Crippen LogP contribution < -0.4 is 10.6 Å². The number of piperidine rings is 1. The predicted molar refractivity (Wildman–Crippen MR) is 112 cm³/mol. The van der Waals surface area contributed by atoms with Crippen LogP contribution in [0, 0.1) is 10.1 Å². The van der Waals surface area contributed by atoms with Gasteiger partial charge in [-0.2, -0.15) is 0 Å². The van der Waals surface area contributed by atoms with Gasteiger partial charge in [0.05, 0.1) is 4.92 Å². The van der Waals surface area contributed by atoms with Crippen molar-refractivity contribution in [2.45, 2.75) is 45.3 Å². The summed E-state index contributed by atoms with van der Waals surface area (Å²) in [6, 6.07) is 7.61. The van der Waals surface area contributed by atoms with E-state index in [9.17, 15) is 10.1 Å². The number of rotatable bonds is 5. The zero-order valence-electron chi connectivity index (χ0n) is 15.1. The molecule has 1 aromatic rings. The van der Waals surface area contributed by atoms with Gasteiger partial charge in [0.25, 0.3) is 5.69 Å². The van der Waals surface area contributed by atoms with Crippen molar-refractivity contribution >= 4 is 35.6 Å². The highest BCUT2D eigenvalue weighted by Crippen LogP contribution is 2.13. The summed E-state index contributed by atoms with van der Waals surface area (Å²) in [5, 5.41) is 17.4. The van der Waals surface area contributed by atoms with Crippen LogP contribution in [0.15, 0.2) is 29.3 Å². The van der Waals surface area contributed by atoms with Gasteiger partial charge >= 0.3 is 0 Å². The molecule has 0 spiro atoms. The van der Waals surface area contributed by atoms with Crippen molar-refractivity contribution < 1.29 is 4.92 Å². The molecule has 140 valence electrons. The number of nitro benzene ring substituents is 1. The Morgan fingerprint density at radius 2 is 1.92 bits per heavy atom. The SMILES string of the molecule is CN=C(NCc1ccc([N+](=O)[O-])cc1)NC1CCN(C(C)C)CC1.I. The molecular weight excluding hydrogens is 433 g/mol. The number of aliphatic imine (C=N–C) groups is 1. The number of nitrogens with zero attached hydrogens (tertiary/aromatic N) is 3. The first-order valence-corrected chi connectivity index (χ1v) is 8.44. The zero-order valence-corrected chi connectivity index (χ0v) is 17.4. The molecule has 2 N–H and O–H groups in total. The van der Waals surface area contributed by atoms with Gasteiger partial charge in [-0.3, -0.25) is 15.1 Å². The fourth-order valence-electron chi connectivity index (χ4n) is 2.87. The first kappa shape index (κ1) is 21.6. The minimum Gasteiger partial charge on any atom is -0.354 e. The number of non-ortho nitro benzene ring substituents is 1. The van der Waals surface area contributed by atoms with Gasteiger partial charge in [-0.25, -0.2) is 0 Å². The Bertz CT molecular complexity index is 569. The number of halogens is 1. The lowest BCUT2D eigenvalue weighted by molar-refractivity contribution is -0.384. The molecule has 25 heavy (non-hydrogen) atoms. The summed E-state index contributed by atoms with van der Waals surface area (Å²) in [5.41, 5.74) is 1.09. The highest BCUT2D eigenvalue weighted by molar-refractivity contribution is 14.0. The molecule has 1 heterocycles. The normalized spacial score (nSPS) is 16.4.